The number of hydrogen-bond donors (Lipinski definition) is 2. The third-order valence-corrected chi connectivity index (χ3v) is 3.83. The van der Waals surface area contributed by atoms with Gasteiger partial charge in [-0.25, -0.2) is 4.98 Å². The van der Waals surface area contributed by atoms with Gasteiger partial charge in [-0.05, 0) is 31.9 Å². The first-order chi connectivity index (χ1) is 10.2. The number of rotatable bonds is 7. The van der Waals surface area contributed by atoms with E-state index in [1.165, 1.54) is 0 Å². The number of hydrogen-bond acceptors (Lipinski definition) is 4. The van der Waals surface area contributed by atoms with Gasteiger partial charge in [0.05, 0.1) is 17.4 Å². The summed E-state index contributed by atoms with van der Waals surface area (Å²) in [6.45, 7) is 5.84. The van der Waals surface area contributed by atoms with Crippen molar-refractivity contribution in [2.45, 2.75) is 39.3 Å². The van der Waals surface area contributed by atoms with Crippen molar-refractivity contribution in [3.05, 3.63) is 40.4 Å². The monoisotopic (exact) mass is 289 g/mol. The standard InChI is InChI=1S/C16H23N3O2/c1-3-12(2)19(9-6-10-20)11-15-17-14-8-5-4-7-13(14)16(21)18-15/h4-5,7-8,12,20H,3,6,9-11H2,1-2H3,(H,17,18,21). The molecule has 1 aromatic carbocycles. The number of H-pyrrole nitrogens is 1. The maximum absolute atomic E-state index is 12.1. The van der Waals surface area contributed by atoms with Crippen LogP contribution < -0.4 is 5.56 Å². The molecule has 2 aromatic rings. The molecular weight excluding hydrogens is 266 g/mol. The SMILES string of the molecule is CCC(C)N(CCCO)Cc1nc2ccccc2c(=O)[nH]1. The van der Waals surface area contributed by atoms with Crippen molar-refractivity contribution in [2.75, 3.05) is 13.2 Å². The van der Waals surface area contributed by atoms with E-state index in [0.717, 1.165) is 24.9 Å². The van der Waals surface area contributed by atoms with Crippen molar-refractivity contribution in [2.24, 2.45) is 0 Å². The Morgan fingerprint density at radius 3 is 2.86 bits per heavy atom. The fraction of sp³-hybridized carbons (Fsp3) is 0.500. The molecule has 21 heavy (non-hydrogen) atoms. The van der Waals surface area contributed by atoms with Crippen molar-refractivity contribution in [3.63, 3.8) is 0 Å². The second-order valence-electron chi connectivity index (χ2n) is 5.33. The first-order valence-corrected chi connectivity index (χ1v) is 7.48. The van der Waals surface area contributed by atoms with E-state index < -0.39 is 0 Å². The fourth-order valence-electron chi connectivity index (χ4n) is 2.39. The van der Waals surface area contributed by atoms with Gasteiger partial charge in [-0.2, -0.15) is 0 Å². The predicted octanol–water partition coefficient (Wildman–Crippen LogP) is 1.91. The van der Waals surface area contributed by atoms with Gasteiger partial charge in [0.1, 0.15) is 5.82 Å². The first-order valence-electron chi connectivity index (χ1n) is 7.48. The lowest BCUT2D eigenvalue weighted by atomic mass is 10.2. The fourth-order valence-corrected chi connectivity index (χ4v) is 2.39. The number of aromatic nitrogens is 2. The molecule has 1 atom stereocenters. The van der Waals surface area contributed by atoms with E-state index in [1.807, 2.05) is 18.2 Å². The van der Waals surface area contributed by atoms with Crippen LogP contribution in [0.2, 0.25) is 0 Å². The lowest BCUT2D eigenvalue weighted by Gasteiger charge is -2.27. The maximum Gasteiger partial charge on any atom is 0.258 e. The third-order valence-electron chi connectivity index (χ3n) is 3.83. The van der Waals surface area contributed by atoms with Gasteiger partial charge < -0.3 is 10.1 Å². The number of aliphatic hydroxyl groups is 1. The molecule has 0 aliphatic heterocycles. The molecular formula is C16H23N3O2. The molecule has 0 fully saturated rings. The number of nitrogens with zero attached hydrogens (tertiary/aromatic N) is 2. The van der Waals surface area contributed by atoms with Crippen LogP contribution in [0.5, 0.6) is 0 Å². The normalized spacial score (nSPS) is 13.0. The highest BCUT2D eigenvalue weighted by Gasteiger charge is 2.14. The van der Waals surface area contributed by atoms with Crippen molar-refractivity contribution >= 4 is 10.9 Å². The molecule has 0 aliphatic rings. The molecule has 1 aromatic heterocycles. The molecule has 0 amide bonds. The highest BCUT2D eigenvalue weighted by Crippen LogP contribution is 2.11. The molecule has 0 saturated carbocycles. The van der Waals surface area contributed by atoms with Gasteiger partial charge in [0.15, 0.2) is 0 Å². The Morgan fingerprint density at radius 1 is 1.38 bits per heavy atom. The lowest BCUT2D eigenvalue weighted by molar-refractivity contribution is 0.168. The lowest BCUT2D eigenvalue weighted by Crippen LogP contribution is -2.34. The van der Waals surface area contributed by atoms with Crippen molar-refractivity contribution < 1.29 is 5.11 Å². The van der Waals surface area contributed by atoms with Crippen LogP contribution in [0.25, 0.3) is 10.9 Å². The van der Waals surface area contributed by atoms with Crippen LogP contribution in [0.15, 0.2) is 29.1 Å². The summed E-state index contributed by atoms with van der Waals surface area (Å²) in [6, 6.07) is 7.74. The van der Waals surface area contributed by atoms with Crippen LogP contribution in [0.4, 0.5) is 0 Å². The van der Waals surface area contributed by atoms with Crippen LogP contribution in [0.3, 0.4) is 0 Å². The summed E-state index contributed by atoms with van der Waals surface area (Å²) in [5.74, 6) is 0.678. The van der Waals surface area contributed by atoms with Crippen molar-refractivity contribution in [3.8, 4) is 0 Å². The maximum atomic E-state index is 12.1. The number of fused-ring (bicyclic) bond motifs is 1. The van der Waals surface area contributed by atoms with E-state index in [2.05, 4.69) is 28.7 Å². The Bertz CT molecular complexity index is 639. The topological polar surface area (TPSA) is 69.2 Å². The molecule has 114 valence electrons. The summed E-state index contributed by atoms with van der Waals surface area (Å²) in [5.41, 5.74) is 0.629. The Morgan fingerprint density at radius 2 is 2.14 bits per heavy atom. The van der Waals surface area contributed by atoms with Crippen LogP contribution in [0, 0.1) is 0 Å². The van der Waals surface area contributed by atoms with E-state index in [0.29, 0.717) is 23.8 Å². The van der Waals surface area contributed by atoms with Crippen LogP contribution >= 0.6 is 0 Å². The smallest absolute Gasteiger partial charge is 0.258 e. The van der Waals surface area contributed by atoms with Crippen LogP contribution in [-0.2, 0) is 6.54 Å². The highest BCUT2D eigenvalue weighted by atomic mass is 16.3. The summed E-state index contributed by atoms with van der Waals surface area (Å²) in [5, 5.41) is 9.64. The van der Waals surface area contributed by atoms with Gasteiger partial charge in [0.25, 0.3) is 5.56 Å². The Labute approximate surface area is 124 Å². The predicted molar refractivity (Wildman–Crippen MR) is 84.2 cm³/mol. The molecule has 1 unspecified atom stereocenters. The zero-order valence-corrected chi connectivity index (χ0v) is 12.7. The van der Waals surface area contributed by atoms with Crippen LogP contribution in [-0.4, -0.2) is 39.2 Å². The van der Waals surface area contributed by atoms with Gasteiger partial charge in [-0.1, -0.05) is 19.1 Å². The number of para-hydroxylation sites is 1. The molecule has 0 aliphatic carbocycles. The molecule has 0 radical (unpaired) electrons. The summed E-state index contributed by atoms with van der Waals surface area (Å²) < 4.78 is 0. The van der Waals surface area contributed by atoms with E-state index in [-0.39, 0.29) is 12.2 Å². The molecule has 2 rings (SSSR count). The Balaban J connectivity index is 2.25. The average molecular weight is 289 g/mol. The molecule has 0 spiro atoms. The average Bonchev–Trinajstić information content (AvgIpc) is 2.50. The van der Waals surface area contributed by atoms with Gasteiger partial charge in [0, 0.05) is 19.2 Å². The molecule has 1 heterocycles. The van der Waals surface area contributed by atoms with Gasteiger partial charge in [-0.3, -0.25) is 9.69 Å². The molecule has 5 nitrogen and oxygen atoms in total. The zero-order chi connectivity index (χ0) is 15.2. The number of benzene rings is 1. The second kappa shape index (κ2) is 7.33. The molecule has 2 N–H and O–H groups in total. The number of nitrogens with one attached hydrogen (secondary N) is 1. The molecule has 0 bridgehead atoms. The van der Waals surface area contributed by atoms with Gasteiger partial charge in [-0.15, -0.1) is 0 Å². The van der Waals surface area contributed by atoms with E-state index in [9.17, 15) is 4.79 Å². The van der Waals surface area contributed by atoms with E-state index in [4.69, 9.17) is 5.11 Å². The minimum absolute atomic E-state index is 0.0955. The summed E-state index contributed by atoms with van der Waals surface area (Å²) in [6.07, 6.45) is 1.74. The molecule has 5 heteroatoms. The largest absolute Gasteiger partial charge is 0.396 e. The number of aliphatic hydroxyl groups excluding tert-OH is 1. The van der Waals surface area contributed by atoms with Crippen molar-refractivity contribution in [1.29, 1.82) is 0 Å². The van der Waals surface area contributed by atoms with Crippen molar-refractivity contribution in [1.82, 2.24) is 14.9 Å². The number of aromatic amines is 1. The van der Waals surface area contributed by atoms with Gasteiger partial charge in [0.2, 0.25) is 0 Å². The zero-order valence-electron chi connectivity index (χ0n) is 12.7. The Kier molecular flexibility index (Phi) is 5.47. The quantitative estimate of drug-likeness (QED) is 0.817. The summed E-state index contributed by atoms with van der Waals surface area (Å²) in [7, 11) is 0. The van der Waals surface area contributed by atoms with Crippen LogP contribution in [0.1, 0.15) is 32.5 Å². The second-order valence-corrected chi connectivity index (χ2v) is 5.33. The minimum atomic E-state index is -0.0955. The highest BCUT2D eigenvalue weighted by molar-refractivity contribution is 5.77. The first kappa shape index (κ1) is 15.7. The minimum Gasteiger partial charge on any atom is -0.396 e. The van der Waals surface area contributed by atoms with E-state index in [1.54, 1.807) is 6.07 Å². The third kappa shape index (κ3) is 3.89. The summed E-state index contributed by atoms with van der Waals surface area (Å²) in [4.78, 5) is 21.7. The summed E-state index contributed by atoms with van der Waals surface area (Å²) >= 11 is 0. The Hall–Kier alpha value is -1.72. The van der Waals surface area contributed by atoms with Gasteiger partial charge >= 0.3 is 0 Å². The molecule has 0 saturated heterocycles. The van der Waals surface area contributed by atoms with E-state index >= 15 is 0 Å².